The summed E-state index contributed by atoms with van der Waals surface area (Å²) in [6, 6.07) is 13.0. The highest BCUT2D eigenvalue weighted by atomic mass is 32.1. The topological polar surface area (TPSA) is 97.6 Å². The Morgan fingerprint density at radius 3 is 2.52 bits per heavy atom. The fourth-order valence-electron chi connectivity index (χ4n) is 2.95. The number of anilines is 2. The SMILES string of the molecule is COc1ccccc1-c1csc2nc(NC(=O)CCC(=O)Nc3ccc(F)cc3)nn12. The molecule has 0 aliphatic rings. The van der Waals surface area contributed by atoms with E-state index in [-0.39, 0.29) is 30.6 Å². The maximum absolute atomic E-state index is 12.9. The molecule has 0 aliphatic carbocycles. The molecule has 31 heavy (non-hydrogen) atoms. The van der Waals surface area contributed by atoms with Gasteiger partial charge in [-0.15, -0.1) is 16.4 Å². The molecule has 0 spiro atoms. The van der Waals surface area contributed by atoms with E-state index in [2.05, 4.69) is 20.7 Å². The van der Waals surface area contributed by atoms with Gasteiger partial charge in [-0.25, -0.2) is 8.91 Å². The number of hydrogen-bond donors (Lipinski definition) is 2. The third-order valence-electron chi connectivity index (χ3n) is 4.42. The minimum absolute atomic E-state index is 0.0299. The number of para-hydroxylation sites is 1. The Balaban J connectivity index is 1.38. The number of nitrogens with one attached hydrogen (secondary N) is 2. The third kappa shape index (κ3) is 4.69. The lowest BCUT2D eigenvalue weighted by atomic mass is 10.1. The molecular weight excluding hydrogens is 421 g/mol. The number of nitrogens with zero attached hydrogens (tertiary/aromatic N) is 3. The molecule has 0 atom stereocenters. The second kappa shape index (κ2) is 8.92. The van der Waals surface area contributed by atoms with Crippen molar-refractivity contribution in [2.75, 3.05) is 17.7 Å². The Morgan fingerprint density at radius 1 is 1.06 bits per heavy atom. The second-order valence-corrected chi connectivity index (χ2v) is 7.39. The molecule has 0 radical (unpaired) electrons. The van der Waals surface area contributed by atoms with Gasteiger partial charge in [-0.2, -0.15) is 4.98 Å². The van der Waals surface area contributed by atoms with Crippen LogP contribution in [-0.2, 0) is 9.59 Å². The zero-order chi connectivity index (χ0) is 21.8. The van der Waals surface area contributed by atoms with Gasteiger partial charge in [-0.3, -0.25) is 14.9 Å². The summed E-state index contributed by atoms with van der Waals surface area (Å²) in [5, 5.41) is 11.5. The van der Waals surface area contributed by atoms with Gasteiger partial charge in [0, 0.05) is 29.5 Å². The number of amides is 2. The van der Waals surface area contributed by atoms with Gasteiger partial charge < -0.3 is 10.1 Å². The van der Waals surface area contributed by atoms with Crippen LogP contribution in [0.1, 0.15) is 12.8 Å². The molecular formula is C21H18FN5O3S. The molecule has 2 aromatic carbocycles. The predicted octanol–water partition coefficient (Wildman–Crippen LogP) is 3.96. The van der Waals surface area contributed by atoms with E-state index in [0.717, 1.165) is 11.3 Å². The van der Waals surface area contributed by atoms with Crippen LogP contribution in [0.2, 0.25) is 0 Å². The fourth-order valence-corrected chi connectivity index (χ4v) is 3.77. The highest BCUT2D eigenvalue weighted by Gasteiger charge is 2.16. The highest BCUT2D eigenvalue weighted by molar-refractivity contribution is 7.15. The van der Waals surface area contributed by atoms with Crippen molar-refractivity contribution >= 4 is 39.7 Å². The Hall–Kier alpha value is -3.79. The summed E-state index contributed by atoms with van der Waals surface area (Å²) in [6.45, 7) is 0. The summed E-state index contributed by atoms with van der Waals surface area (Å²) < 4.78 is 20.0. The standard InChI is InChI=1S/C21H18FN5O3S/c1-30-17-5-3-2-4-15(17)16-12-31-21-25-20(26-27(16)21)24-19(29)11-10-18(28)23-14-8-6-13(22)7-9-14/h2-9,12H,10-11H2,1H3,(H,23,28)(H,24,26,29). The number of carbonyl (C=O) groups is 2. The first-order chi connectivity index (χ1) is 15.0. The average molecular weight is 439 g/mol. The first-order valence-corrected chi connectivity index (χ1v) is 10.2. The van der Waals surface area contributed by atoms with Crippen LogP contribution in [-0.4, -0.2) is 33.5 Å². The number of carbonyl (C=O) groups excluding carboxylic acids is 2. The quantitative estimate of drug-likeness (QED) is 0.454. The van der Waals surface area contributed by atoms with E-state index in [1.807, 2.05) is 29.6 Å². The van der Waals surface area contributed by atoms with E-state index in [1.54, 1.807) is 11.6 Å². The van der Waals surface area contributed by atoms with Gasteiger partial charge in [-0.1, -0.05) is 12.1 Å². The summed E-state index contributed by atoms with van der Waals surface area (Å²) in [5.41, 5.74) is 2.12. The maximum Gasteiger partial charge on any atom is 0.250 e. The molecule has 4 rings (SSSR count). The van der Waals surface area contributed by atoms with E-state index >= 15 is 0 Å². The first kappa shape index (κ1) is 20.5. The van der Waals surface area contributed by atoms with E-state index in [4.69, 9.17) is 4.74 Å². The van der Waals surface area contributed by atoms with Crippen LogP contribution in [0, 0.1) is 5.82 Å². The summed E-state index contributed by atoms with van der Waals surface area (Å²) in [6.07, 6.45) is -0.0723. The molecule has 4 aromatic rings. The number of rotatable bonds is 7. The van der Waals surface area contributed by atoms with Crippen LogP contribution in [0.4, 0.5) is 16.0 Å². The van der Waals surface area contributed by atoms with Crippen molar-refractivity contribution in [3.63, 3.8) is 0 Å². The van der Waals surface area contributed by atoms with Crippen molar-refractivity contribution in [3.05, 3.63) is 59.7 Å². The molecule has 2 amide bonds. The zero-order valence-electron chi connectivity index (χ0n) is 16.5. The molecule has 0 aliphatic heterocycles. The van der Waals surface area contributed by atoms with Crippen molar-refractivity contribution in [1.82, 2.24) is 14.6 Å². The van der Waals surface area contributed by atoms with E-state index in [1.165, 1.54) is 35.6 Å². The number of benzene rings is 2. The lowest BCUT2D eigenvalue weighted by molar-refractivity contribution is -0.121. The lowest BCUT2D eigenvalue weighted by Crippen LogP contribution is -2.18. The molecule has 0 unspecified atom stereocenters. The number of thiazole rings is 1. The molecule has 0 bridgehead atoms. The van der Waals surface area contributed by atoms with Crippen molar-refractivity contribution in [1.29, 1.82) is 0 Å². The van der Waals surface area contributed by atoms with Gasteiger partial charge in [0.2, 0.25) is 22.7 Å². The fraction of sp³-hybridized carbons (Fsp3) is 0.143. The number of methoxy groups -OCH3 is 1. The monoisotopic (exact) mass is 439 g/mol. The normalized spacial score (nSPS) is 10.8. The van der Waals surface area contributed by atoms with E-state index in [0.29, 0.717) is 16.4 Å². The van der Waals surface area contributed by atoms with Crippen molar-refractivity contribution < 1.29 is 18.7 Å². The van der Waals surface area contributed by atoms with Gasteiger partial charge in [0.1, 0.15) is 11.6 Å². The molecule has 2 heterocycles. The molecule has 2 aromatic heterocycles. The van der Waals surface area contributed by atoms with Gasteiger partial charge in [0.25, 0.3) is 0 Å². The van der Waals surface area contributed by atoms with Crippen LogP contribution in [0.15, 0.2) is 53.9 Å². The molecule has 158 valence electrons. The molecule has 0 fully saturated rings. The van der Waals surface area contributed by atoms with Gasteiger partial charge in [0.15, 0.2) is 0 Å². The Morgan fingerprint density at radius 2 is 1.77 bits per heavy atom. The van der Waals surface area contributed by atoms with Crippen LogP contribution < -0.4 is 15.4 Å². The minimum atomic E-state index is -0.390. The summed E-state index contributed by atoms with van der Waals surface area (Å²) in [7, 11) is 1.60. The molecule has 0 saturated heterocycles. The lowest BCUT2D eigenvalue weighted by Gasteiger charge is -2.06. The number of hydrogen-bond acceptors (Lipinski definition) is 6. The van der Waals surface area contributed by atoms with Crippen LogP contribution in [0.25, 0.3) is 16.2 Å². The van der Waals surface area contributed by atoms with Crippen molar-refractivity contribution in [3.8, 4) is 17.0 Å². The number of aromatic nitrogens is 3. The van der Waals surface area contributed by atoms with Crippen LogP contribution >= 0.6 is 11.3 Å². The van der Waals surface area contributed by atoms with Crippen LogP contribution in [0.3, 0.4) is 0 Å². The summed E-state index contributed by atoms with van der Waals surface area (Å²) in [4.78, 5) is 29.1. The molecule has 2 N–H and O–H groups in total. The Kier molecular flexibility index (Phi) is 5.89. The molecule has 0 saturated carbocycles. The smallest absolute Gasteiger partial charge is 0.250 e. The summed E-state index contributed by atoms with van der Waals surface area (Å²) >= 11 is 1.39. The second-order valence-electron chi connectivity index (χ2n) is 6.55. The van der Waals surface area contributed by atoms with Crippen LogP contribution in [0.5, 0.6) is 5.75 Å². The average Bonchev–Trinajstić information content (AvgIpc) is 3.34. The summed E-state index contributed by atoms with van der Waals surface area (Å²) in [5.74, 6) is -0.258. The maximum atomic E-state index is 12.9. The van der Waals surface area contributed by atoms with Gasteiger partial charge in [0.05, 0.1) is 12.8 Å². The van der Waals surface area contributed by atoms with Crippen molar-refractivity contribution in [2.24, 2.45) is 0 Å². The largest absolute Gasteiger partial charge is 0.496 e. The minimum Gasteiger partial charge on any atom is -0.496 e. The van der Waals surface area contributed by atoms with Gasteiger partial charge in [-0.05, 0) is 36.4 Å². The van der Waals surface area contributed by atoms with E-state index in [9.17, 15) is 14.0 Å². The molecule has 8 nitrogen and oxygen atoms in total. The number of halogens is 1. The highest BCUT2D eigenvalue weighted by Crippen LogP contribution is 2.32. The molecule has 10 heteroatoms. The number of fused-ring (bicyclic) bond motifs is 1. The number of ether oxygens (including phenoxy) is 1. The van der Waals surface area contributed by atoms with Gasteiger partial charge >= 0.3 is 0 Å². The zero-order valence-corrected chi connectivity index (χ0v) is 17.3. The third-order valence-corrected chi connectivity index (χ3v) is 5.24. The Bertz CT molecular complexity index is 1240. The van der Waals surface area contributed by atoms with E-state index < -0.39 is 5.82 Å². The first-order valence-electron chi connectivity index (χ1n) is 9.36. The van der Waals surface area contributed by atoms with Crippen molar-refractivity contribution in [2.45, 2.75) is 12.8 Å². The predicted molar refractivity (Wildman–Crippen MR) is 116 cm³/mol. The Labute approximate surface area is 180 Å².